The molecule has 140 valence electrons. The predicted octanol–water partition coefficient (Wildman–Crippen LogP) is 3.04. The topological polar surface area (TPSA) is 101 Å². The summed E-state index contributed by atoms with van der Waals surface area (Å²) in [4.78, 5) is 14.8. The highest BCUT2D eigenvalue weighted by molar-refractivity contribution is 7.89. The highest BCUT2D eigenvalue weighted by Gasteiger charge is 2.34. The van der Waals surface area contributed by atoms with Gasteiger partial charge in [0.05, 0.1) is 22.8 Å². The molecule has 7 nitrogen and oxygen atoms in total. The lowest BCUT2D eigenvalue weighted by molar-refractivity contribution is 0.0696. The summed E-state index contributed by atoms with van der Waals surface area (Å²) in [7, 11) is -4.26. The quantitative estimate of drug-likeness (QED) is 0.843. The maximum absolute atomic E-state index is 14.2. The molecule has 1 N–H and O–H groups in total. The first-order chi connectivity index (χ1) is 12.1. The summed E-state index contributed by atoms with van der Waals surface area (Å²) in [6.45, 7) is 3.81. The smallest absolute Gasteiger partial charge is 0.337 e. The van der Waals surface area contributed by atoms with E-state index >= 15 is 0 Å². The molecule has 0 spiro atoms. The van der Waals surface area contributed by atoms with Crippen molar-refractivity contribution in [2.75, 3.05) is 6.54 Å². The Labute approximate surface area is 154 Å². The maximum atomic E-state index is 14.2. The zero-order chi connectivity index (χ0) is 19.2. The van der Waals surface area contributed by atoms with Crippen molar-refractivity contribution in [2.45, 2.75) is 37.6 Å². The van der Waals surface area contributed by atoms with E-state index in [-0.39, 0.29) is 24.0 Å². The Morgan fingerprint density at radius 3 is 2.73 bits per heavy atom. The van der Waals surface area contributed by atoms with Gasteiger partial charge in [-0.3, -0.25) is 0 Å². The fourth-order valence-corrected chi connectivity index (χ4v) is 4.38. The lowest BCUT2D eigenvalue weighted by Gasteiger charge is -2.25. The molecule has 10 heteroatoms. The van der Waals surface area contributed by atoms with E-state index in [1.807, 2.05) is 13.8 Å². The zero-order valence-electron chi connectivity index (χ0n) is 14.0. The van der Waals surface area contributed by atoms with E-state index in [0.717, 1.165) is 10.4 Å². The second-order valence-electron chi connectivity index (χ2n) is 6.23. The van der Waals surface area contributed by atoms with Gasteiger partial charge < -0.3 is 9.52 Å². The van der Waals surface area contributed by atoms with Crippen LogP contribution < -0.4 is 0 Å². The van der Waals surface area contributed by atoms with Crippen LogP contribution in [0.2, 0.25) is 5.02 Å². The molecule has 2 aromatic rings. The van der Waals surface area contributed by atoms with E-state index in [0.29, 0.717) is 29.8 Å². The first-order valence-corrected chi connectivity index (χ1v) is 9.64. The largest absolute Gasteiger partial charge is 0.478 e. The number of aromatic carboxylic acids is 1. The normalized spacial score (nSPS) is 15.3. The maximum Gasteiger partial charge on any atom is 0.337 e. The van der Waals surface area contributed by atoms with Crippen LogP contribution in [0.5, 0.6) is 0 Å². The molecular weight excluding hydrogens is 387 g/mol. The Kier molecular flexibility index (Phi) is 4.80. The number of sulfonamides is 1. The van der Waals surface area contributed by atoms with Crippen molar-refractivity contribution >= 4 is 27.6 Å². The van der Waals surface area contributed by atoms with Gasteiger partial charge in [0, 0.05) is 18.9 Å². The van der Waals surface area contributed by atoms with Crippen LogP contribution in [0.1, 0.15) is 47.5 Å². The number of hydrogen-bond acceptors (Lipinski definition) is 5. The summed E-state index contributed by atoms with van der Waals surface area (Å²) in [5.74, 6) is -1.36. The second-order valence-corrected chi connectivity index (χ2v) is 8.55. The first-order valence-electron chi connectivity index (χ1n) is 7.82. The van der Waals surface area contributed by atoms with Gasteiger partial charge in [-0.25, -0.2) is 22.6 Å². The van der Waals surface area contributed by atoms with Crippen LogP contribution in [0.3, 0.4) is 0 Å². The molecule has 1 aromatic heterocycles. The highest BCUT2D eigenvalue weighted by Crippen LogP contribution is 2.30. The van der Waals surface area contributed by atoms with Gasteiger partial charge in [-0.1, -0.05) is 25.4 Å². The van der Waals surface area contributed by atoms with Gasteiger partial charge in [-0.15, -0.1) is 0 Å². The molecule has 0 saturated heterocycles. The summed E-state index contributed by atoms with van der Waals surface area (Å²) in [6.07, 6.45) is 0.301. The lowest BCUT2D eigenvalue weighted by Crippen LogP contribution is -2.36. The number of carboxylic acids is 1. The molecule has 0 aliphatic carbocycles. The van der Waals surface area contributed by atoms with E-state index in [2.05, 4.69) is 4.98 Å². The van der Waals surface area contributed by atoms with E-state index in [4.69, 9.17) is 21.1 Å². The number of aromatic nitrogens is 1. The van der Waals surface area contributed by atoms with E-state index in [9.17, 15) is 17.6 Å². The molecule has 0 atom stereocenters. The molecular formula is C16H16ClFN2O5S. The van der Waals surface area contributed by atoms with E-state index < -0.39 is 32.3 Å². The highest BCUT2D eigenvalue weighted by atomic mass is 35.5. The van der Waals surface area contributed by atoms with Crippen LogP contribution in [0, 0.1) is 5.82 Å². The van der Waals surface area contributed by atoms with Gasteiger partial charge in [0.2, 0.25) is 10.0 Å². The van der Waals surface area contributed by atoms with Crippen LogP contribution in [-0.2, 0) is 23.0 Å². The summed E-state index contributed by atoms with van der Waals surface area (Å²) in [5, 5.41) is 8.74. The molecule has 2 heterocycles. The Morgan fingerprint density at radius 1 is 1.42 bits per heavy atom. The number of halogens is 2. The number of benzene rings is 1. The molecule has 26 heavy (non-hydrogen) atoms. The van der Waals surface area contributed by atoms with E-state index in [1.165, 1.54) is 0 Å². The molecule has 0 bridgehead atoms. The van der Waals surface area contributed by atoms with E-state index in [1.54, 1.807) is 0 Å². The number of oxazole rings is 1. The van der Waals surface area contributed by atoms with Crippen molar-refractivity contribution in [2.24, 2.45) is 0 Å². The van der Waals surface area contributed by atoms with Gasteiger partial charge in [-0.2, -0.15) is 4.31 Å². The second kappa shape index (κ2) is 6.64. The molecule has 0 saturated carbocycles. The molecule has 0 amide bonds. The number of carboxylic acid groups (broad SMARTS) is 1. The van der Waals surface area contributed by atoms with Crippen LogP contribution >= 0.6 is 11.6 Å². The first kappa shape index (κ1) is 18.8. The van der Waals surface area contributed by atoms with Crippen molar-refractivity contribution in [1.29, 1.82) is 0 Å². The third-order valence-electron chi connectivity index (χ3n) is 4.07. The molecule has 1 aliphatic heterocycles. The van der Waals surface area contributed by atoms with Gasteiger partial charge in [0.25, 0.3) is 0 Å². The number of fused-ring (bicyclic) bond motifs is 1. The fraction of sp³-hybridized carbons (Fsp3) is 0.375. The van der Waals surface area contributed by atoms with Crippen molar-refractivity contribution in [3.05, 3.63) is 45.9 Å². The van der Waals surface area contributed by atoms with Gasteiger partial charge in [-0.05, 0) is 12.1 Å². The van der Waals surface area contributed by atoms with Crippen molar-refractivity contribution < 1.29 is 27.1 Å². The number of rotatable bonds is 4. The Hall–Kier alpha value is -1.97. The number of carbonyl (C=O) groups is 1. The van der Waals surface area contributed by atoms with Crippen molar-refractivity contribution in [3.63, 3.8) is 0 Å². The van der Waals surface area contributed by atoms with Crippen molar-refractivity contribution in [1.82, 2.24) is 9.29 Å². The molecule has 3 rings (SSSR count). The monoisotopic (exact) mass is 402 g/mol. The molecule has 0 radical (unpaired) electrons. The predicted molar refractivity (Wildman–Crippen MR) is 90.3 cm³/mol. The standard InChI is InChI=1S/C16H16ClFN2O5S/c1-8(2)15-19-12-7-20(4-3-13(12)25-15)26(23,24)14-5-9(16(21)22)10(17)6-11(14)18/h5-6,8H,3-4,7H2,1-2H3,(H,21,22). The Bertz CT molecular complexity index is 987. The van der Waals surface area contributed by atoms with Gasteiger partial charge in [0.15, 0.2) is 5.89 Å². The fourth-order valence-electron chi connectivity index (χ4n) is 2.68. The van der Waals surface area contributed by atoms with Crippen LogP contribution in [0.4, 0.5) is 4.39 Å². The minimum atomic E-state index is -4.26. The molecule has 0 unspecified atom stereocenters. The van der Waals surface area contributed by atoms with Gasteiger partial charge in [0.1, 0.15) is 16.5 Å². The Balaban J connectivity index is 1.99. The van der Waals surface area contributed by atoms with Crippen LogP contribution in [0.25, 0.3) is 0 Å². The van der Waals surface area contributed by atoms with Crippen LogP contribution in [0.15, 0.2) is 21.4 Å². The summed E-state index contributed by atoms with van der Waals surface area (Å²) < 4.78 is 46.6. The minimum absolute atomic E-state index is 0.0532. The summed E-state index contributed by atoms with van der Waals surface area (Å²) in [5.41, 5.74) is 0.00391. The summed E-state index contributed by atoms with van der Waals surface area (Å²) in [6, 6.07) is 1.44. The number of hydrogen-bond donors (Lipinski definition) is 1. The number of nitrogens with zero attached hydrogens (tertiary/aromatic N) is 2. The molecule has 0 fully saturated rings. The zero-order valence-corrected chi connectivity index (χ0v) is 15.6. The minimum Gasteiger partial charge on any atom is -0.478 e. The SMILES string of the molecule is CC(C)c1nc2c(o1)CCN(S(=O)(=O)c1cc(C(=O)O)c(Cl)cc1F)C2. The molecule has 1 aromatic carbocycles. The third-order valence-corrected chi connectivity index (χ3v) is 6.25. The Morgan fingerprint density at radius 2 is 2.12 bits per heavy atom. The average Bonchev–Trinajstić information content (AvgIpc) is 2.97. The summed E-state index contributed by atoms with van der Waals surface area (Å²) >= 11 is 5.68. The molecule has 1 aliphatic rings. The van der Waals surface area contributed by atoms with Crippen molar-refractivity contribution in [3.8, 4) is 0 Å². The van der Waals surface area contributed by atoms with Crippen LogP contribution in [-0.4, -0.2) is 35.3 Å². The lowest BCUT2D eigenvalue weighted by atomic mass is 10.2. The van der Waals surface area contributed by atoms with Gasteiger partial charge >= 0.3 is 5.97 Å². The average molecular weight is 403 g/mol. The third kappa shape index (κ3) is 3.22.